The molecule has 3 heterocycles. The van der Waals surface area contributed by atoms with Crippen molar-refractivity contribution in [2.45, 2.75) is 19.4 Å². The van der Waals surface area contributed by atoms with Crippen LogP contribution in [0.25, 0.3) is 21.7 Å². The number of carbonyl (C=O) groups excluding carboxylic acids is 2. The molecule has 0 saturated carbocycles. The number of aryl methyl sites for hydroxylation is 1. The molecular formula is C27H21N5O5S. The second-order valence-corrected chi connectivity index (χ2v) is 9.60. The SMILES string of the molecule is Cc1nnc(-c2ccc(Oc3cc(O[C@H]4CCNC4=O)cc(C(=O)Nc4nc5ccccc5s4)c3)cc2)o1. The molecule has 38 heavy (non-hydrogen) atoms. The van der Waals surface area contributed by atoms with Crippen LogP contribution in [0.3, 0.4) is 0 Å². The van der Waals surface area contributed by atoms with Gasteiger partial charge < -0.3 is 19.2 Å². The quantitative estimate of drug-likeness (QED) is 0.304. The molecule has 1 fully saturated rings. The Hall–Kier alpha value is -4.77. The van der Waals surface area contributed by atoms with Crippen molar-refractivity contribution >= 4 is 38.5 Å². The number of ether oxygens (including phenoxy) is 2. The molecule has 5 aromatic rings. The lowest BCUT2D eigenvalue weighted by atomic mass is 10.1. The van der Waals surface area contributed by atoms with E-state index in [1.807, 2.05) is 24.3 Å². The first-order valence-corrected chi connectivity index (χ1v) is 12.7. The largest absolute Gasteiger partial charge is 0.480 e. The fraction of sp³-hybridized carbons (Fsp3) is 0.148. The summed E-state index contributed by atoms with van der Waals surface area (Å²) in [7, 11) is 0. The normalized spacial score (nSPS) is 14.9. The zero-order valence-corrected chi connectivity index (χ0v) is 21.0. The average Bonchev–Trinajstić information content (AvgIpc) is 3.64. The minimum atomic E-state index is -0.637. The topological polar surface area (TPSA) is 128 Å². The highest BCUT2D eigenvalue weighted by Crippen LogP contribution is 2.31. The van der Waals surface area contributed by atoms with E-state index in [9.17, 15) is 9.59 Å². The van der Waals surface area contributed by atoms with Crippen molar-refractivity contribution in [3.05, 3.63) is 78.2 Å². The molecule has 10 nitrogen and oxygen atoms in total. The van der Waals surface area contributed by atoms with Gasteiger partial charge in [-0.1, -0.05) is 23.5 Å². The van der Waals surface area contributed by atoms with Crippen LogP contribution in [0.1, 0.15) is 22.7 Å². The van der Waals surface area contributed by atoms with E-state index in [2.05, 4.69) is 25.8 Å². The molecule has 0 bridgehead atoms. The van der Waals surface area contributed by atoms with Gasteiger partial charge in [-0.3, -0.25) is 14.9 Å². The fourth-order valence-corrected chi connectivity index (χ4v) is 4.85. The highest BCUT2D eigenvalue weighted by molar-refractivity contribution is 7.22. The number of rotatable bonds is 7. The zero-order valence-electron chi connectivity index (χ0n) is 20.1. The molecule has 0 spiro atoms. The highest BCUT2D eigenvalue weighted by atomic mass is 32.1. The fourth-order valence-electron chi connectivity index (χ4n) is 3.99. The lowest BCUT2D eigenvalue weighted by molar-refractivity contribution is -0.124. The molecule has 2 amide bonds. The van der Waals surface area contributed by atoms with Gasteiger partial charge in [0, 0.05) is 37.1 Å². The van der Waals surface area contributed by atoms with Crippen molar-refractivity contribution in [1.29, 1.82) is 0 Å². The van der Waals surface area contributed by atoms with Crippen molar-refractivity contribution in [1.82, 2.24) is 20.5 Å². The first-order valence-electron chi connectivity index (χ1n) is 11.8. The van der Waals surface area contributed by atoms with Gasteiger partial charge in [0.25, 0.3) is 11.8 Å². The molecule has 190 valence electrons. The number of para-hydroxylation sites is 1. The standard InChI is InChI=1S/C27H21N5O5S/c1-15-31-32-26(35-15)16-6-8-18(9-7-16)36-19-12-17(13-20(14-19)37-22-10-11-28-25(22)34)24(33)30-27-29-21-4-2-3-5-23(21)38-27/h2-9,12-14,22H,10-11H2,1H3,(H,28,34)(H,29,30,33)/t22-/m0/s1. The van der Waals surface area contributed by atoms with Gasteiger partial charge in [-0.2, -0.15) is 0 Å². The summed E-state index contributed by atoms with van der Waals surface area (Å²) in [6, 6.07) is 19.6. The number of nitrogens with one attached hydrogen (secondary N) is 2. The van der Waals surface area contributed by atoms with Crippen molar-refractivity contribution in [3.8, 4) is 28.7 Å². The Kier molecular flexibility index (Phi) is 6.18. The van der Waals surface area contributed by atoms with Gasteiger partial charge in [0.15, 0.2) is 11.2 Å². The molecular weight excluding hydrogens is 506 g/mol. The molecule has 11 heteroatoms. The molecule has 1 aliphatic rings. The number of amides is 2. The summed E-state index contributed by atoms with van der Waals surface area (Å²) in [5.41, 5.74) is 1.85. The zero-order chi connectivity index (χ0) is 26.1. The Labute approximate surface area is 220 Å². The molecule has 0 unspecified atom stereocenters. The van der Waals surface area contributed by atoms with Crippen molar-refractivity contribution in [2.24, 2.45) is 0 Å². The van der Waals surface area contributed by atoms with Gasteiger partial charge in [-0.05, 0) is 48.5 Å². The van der Waals surface area contributed by atoms with Crippen LogP contribution in [0.2, 0.25) is 0 Å². The monoisotopic (exact) mass is 527 g/mol. The summed E-state index contributed by atoms with van der Waals surface area (Å²) in [5.74, 6) is 1.56. The van der Waals surface area contributed by atoms with Crippen LogP contribution in [0.4, 0.5) is 5.13 Å². The second-order valence-electron chi connectivity index (χ2n) is 8.57. The summed E-state index contributed by atoms with van der Waals surface area (Å²) in [5, 5.41) is 13.9. The first-order chi connectivity index (χ1) is 18.5. The Balaban J connectivity index is 1.26. The molecule has 2 N–H and O–H groups in total. The number of nitrogens with zero attached hydrogens (tertiary/aromatic N) is 3. The van der Waals surface area contributed by atoms with Gasteiger partial charge in [0.2, 0.25) is 11.8 Å². The van der Waals surface area contributed by atoms with Crippen LogP contribution in [-0.4, -0.2) is 39.6 Å². The summed E-state index contributed by atoms with van der Waals surface area (Å²) in [4.78, 5) is 29.7. The lowest BCUT2D eigenvalue weighted by Crippen LogP contribution is -2.27. The van der Waals surface area contributed by atoms with E-state index in [-0.39, 0.29) is 11.8 Å². The van der Waals surface area contributed by atoms with Crippen molar-refractivity contribution < 1.29 is 23.5 Å². The third kappa shape index (κ3) is 5.04. The minimum absolute atomic E-state index is 0.191. The van der Waals surface area contributed by atoms with Crippen LogP contribution < -0.4 is 20.1 Å². The van der Waals surface area contributed by atoms with E-state index in [0.717, 1.165) is 15.8 Å². The lowest BCUT2D eigenvalue weighted by Gasteiger charge is -2.14. The maximum Gasteiger partial charge on any atom is 0.261 e. The minimum Gasteiger partial charge on any atom is -0.480 e. The molecule has 0 aliphatic carbocycles. The molecule has 1 atom stereocenters. The van der Waals surface area contributed by atoms with E-state index in [1.54, 1.807) is 49.4 Å². The van der Waals surface area contributed by atoms with Crippen molar-refractivity contribution in [2.75, 3.05) is 11.9 Å². The van der Waals surface area contributed by atoms with E-state index in [0.29, 0.717) is 52.7 Å². The number of hydrogen-bond acceptors (Lipinski definition) is 9. The Bertz CT molecular complexity index is 1610. The number of benzene rings is 3. The van der Waals surface area contributed by atoms with E-state index in [4.69, 9.17) is 13.9 Å². The van der Waals surface area contributed by atoms with Gasteiger partial charge in [0.05, 0.1) is 10.2 Å². The molecule has 0 radical (unpaired) electrons. The average molecular weight is 528 g/mol. The maximum atomic E-state index is 13.2. The Morgan fingerprint density at radius 2 is 1.87 bits per heavy atom. The second kappa shape index (κ2) is 9.94. The first kappa shape index (κ1) is 23.6. The van der Waals surface area contributed by atoms with Crippen LogP contribution in [-0.2, 0) is 4.79 Å². The highest BCUT2D eigenvalue weighted by Gasteiger charge is 2.26. The van der Waals surface area contributed by atoms with Crippen LogP contribution in [0, 0.1) is 6.92 Å². The molecule has 1 saturated heterocycles. The number of hydrogen-bond donors (Lipinski definition) is 2. The number of aromatic nitrogens is 3. The van der Waals surface area contributed by atoms with E-state index >= 15 is 0 Å². The molecule has 6 rings (SSSR count). The summed E-state index contributed by atoms with van der Waals surface area (Å²) in [6.45, 7) is 2.26. The molecule has 3 aromatic carbocycles. The summed E-state index contributed by atoms with van der Waals surface area (Å²) in [6.07, 6.45) is -0.101. The smallest absolute Gasteiger partial charge is 0.261 e. The number of fused-ring (bicyclic) bond motifs is 1. The van der Waals surface area contributed by atoms with Gasteiger partial charge >= 0.3 is 0 Å². The third-order valence-corrected chi connectivity index (χ3v) is 6.75. The number of carbonyl (C=O) groups is 2. The Morgan fingerprint density at radius 1 is 1.05 bits per heavy atom. The van der Waals surface area contributed by atoms with Gasteiger partial charge in [-0.15, -0.1) is 10.2 Å². The predicted octanol–water partition coefficient (Wildman–Crippen LogP) is 4.97. The summed E-state index contributed by atoms with van der Waals surface area (Å²) >= 11 is 1.38. The van der Waals surface area contributed by atoms with Gasteiger partial charge in [-0.25, -0.2) is 4.98 Å². The van der Waals surface area contributed by atoms with Crippen LogP contribution in [0.5, 0.6) is 17.2 Å². The number of thiazole rings is 1. The summed E-state index contributed by atoms with van der Waals surface area (Å²) < 4.78 is 18.4. The Morgan fingerprint density at radius 3 is 2.61 bits per heavy atom. The number of anilines is 1. The van der Waals surface area contributed by atoms with E-state index < -0.39 is 6.10 Å². The predicted molar refractivity (Wildman–Crippen MR) is 141 cm³/mol. The maximum absolute atomic E-state index is 13.2. The van der Waals surface area contributed by atoms with E-state index in [1.165, 1.54) is 11.3 Å². The van der Waals surface area contributed by atoms with Crippen LogP contribution in [0.15, 0.2) is 71.1 Å². The molecule has 2 aromatic heterocycles. The van der Waals surface area contributed by atoms with Gasteiger partial charge in [0.1, 0.15) is 17.2 Å². The molecule has 1 aliphatic heterocycles. The third-order valence-electron chi connectivity index (χ3n) is 5.80. The van der Waals surface area contributed by atoms with Crippen molar-refractivity contribution in [3.63, 3.8) is 0 Å². The van der Waals surface area contributed by atoms with Crippen LogP contribution >= 0.6 is 11.3 Å².